The topological polar surface area (TPSA) is 45.2 Å². The van der Waals surface area contributed by atoms with E-state index in [4.69, 9.17) is 23.2 Å². The van der Waals surface area contributed by atoms with Crippen LogP contribution in [-0.4, -0.2) is 40.9 Å². The van der Waals surface area contributed by atoms with Crippen LogP contribution in [0.15, 0.2) is 24.5 Å². The van der Waals surface area contributed by atoms with Crippen molar-refractivity contribution in [2.45, 2.75) is 4.46 Å². The Balaban J connectivity index is 2.64. The molecule has 16 heavy (non-hydrogen) atoms. The quantitative estimate of drug-likeness (QED) is 0.660. The fourth-order valence-electron chi connectivity index (χ4n) is 1.17. The molecule has 1 rings (SSSR count). The molecule has 0 spiro atoms. The molecular formula is C10H13Cl2N3O. The molecule has 0 atom stereocenters. The zero-order valence-corrected chi connectivity index (χ0v) is 10.6. The minimum Gasteiger partial charge on any atom is -0.320 e. The lowest BCUT2D eigenvalue weighted by Gasteiger charge is -2.24. The number of pyridine rings is 1. The fraction of sp³-hybridized carbons (Fsp3) is 0.400. The normalized spacial score (nSPS) is 11.6. The molecular weight excluding hydrogens is 249 g/mol. The number of likely N-dealkylation sites (N-methyl/N-ethyl adjacent to an activating group) is 1. The number of rotatable bonds is 4. The van der Waals surface area contributed by atoms with E-state index in [1.807, 2.05) is 14.1 Å². The summed E-state index contributed by atoms with van der Waals surface area (Å²) in [6.45, 7) is 0.322. The highest BCUT2D eigenvalue weighted by atomic mass is 35.5. The molecule has 0 aliphatic rings. The van der Waals surface area contributed by atoms with Crippen molar-refractivity contribution in [3.63, 3.8) is 0 Å². The molecule has 1 heterocycles. The number of halogens is 2. The Hall–Kier alpha value is -0.840. The van der Waals surface area contributed by atoms with Gasteiger partial charge in [0.05, 0.1) is 5.56 Å². The number of hydrogen-bond acceptors (Lipinski definition) is 3. The second-order valence-corrected chi connectivity index (χ2v) is 5.12. The fourth-order valence-corrected chi connectivity index (χ4v) is 1.82. The van der Waals surface area contributed by atoms with E-state index in [1.165, 1.54) is 6.20 Å². The summed E-state index contributed by atoms with van der Waals surface area (Å²) in [6.07, 6.45) is 3.04. The number of amides is 1. The minimum absolute atomic E-state index is 0.322. The van der Waals surface area contributed by atoms with Crippen molar-refractivity contribution in [1.29, 1.82) is 0 Å². The lowest BCUT2D eigenvalue weighted by molar-refractivity contribution is 0.0937. The molecule has 1 aromatic heterocycles. The number of carbonyl (C=O) groups excluding carboxylic acids is 1. The summed E-state index contributed by atoms with van der Waals surface area (Å²) < 4.78 is -1.31. The van der Waals surface area contributed by atoms with Crippen molar-refractivity contribution in [3.05, 3.63) is 30.1 Å². The summed E-state index contributed by atoms with van der Waals surface area (Å²) in [7, 11) is 3.63. The third kappa shape index (κ3) is 4.35. The van der Waals surface area contributed by atoms with Gasteiger partial charge in [-0.1, -0.05) is 23.2 Å². The summed E-state index contributed by atoms with van der Waals surface area (Å²) in [5.41, 5.74) is 0.423. The first-order valence-corrected chi connectivity index (χ1v) is 5.41. The maximum atomic E-state index is 11.7. The number of hydrogen-bond donors (Lipinski definition) is 1. The maximum Gasteiger partial charge on any atom is 0.255 e. The van der Waals surface area contributed by atoms with Crippen LogP contribution in [0, 0.1) is 0 Å². The van der Waals surface area contributed by atoms with E-state index < -0.39 is 4.46 Å². The average Bonchev–Trinajstić information content (AvgIpc) is 2.16. The SMILES string of the molecule is CN(C)CC(Cl)(Cl)NC(=O)c1cccnc1. The van der Waals surface area contributed by atoms with Gasteiger partial charge in [-0.05, 0) is 26.2 Å². The largest absolute Gasteiger partial charge is 0.320 e. The van der Waals surface area contributed by atoms with Gasteiger partial charge in [-0.2, -0.15) is 0 Å². The Morgan fingerprint density at radius 1 is 1.56 bits per heavy atom. The molecule has 0 saturated heterocycles. The van der Waals surface area contributed by atoms with Gasteiger partial charge in [-0.3, -0.25) is 9.78 Å². The highest BCUT2D eigenvalue weighted by molar-refractivity contribution is 6.49. The van der Waals surface area contributed by atoms with Crippen molar-refractivity contribution >= 4 is 29.1 Å². The average molecular weight is 262 g/mol. The predicted molar refractivity (Wildman–Crippen MR) is 64.7 cm³/mol. The van der Waals surface area contributed by atoms with Crippen LogP contribution in [0.5, 0.6) is 0 Å². The molecule has 0 fully saturated rings. The van der Waals surface area contributed by atoms with Crippen molar-refractivity contribution in [3.8, 4) is 0 Å². The first kappa shape index (κ1) is 13.2. The summed E-state index contributed by atoms with van der Waals surface area (Å²) in [4.78, 5) is 17.3. The Kier molecular flexibility index (Phi) is 4.53. The smallest absolute Gasteiger partial charge is 0.255 e. The molecule has 0 bridgehead atoms. The molecule has 0 aliphatic heterocycles. The van der Waals surface area contributed by atoms with Gasteiger partial charge in [0.1, 0.15) is 0 Å². The third-order valence-electron chi connectivity index (χ3n) is 1.73. The first-order chi connectivity index (χ1) is 7.41. The molecule has 0 aromatic carbocycles. The van der Waals surface area contributed by atoms with E-state index in [1.54, 1.807) is 23.2 Å². The van der Waals surface area contributed by atoms with Crippen LogP contribution in [0.3, 0.4) is 0 Å². The Morgan fingerprint density at radius 2 is 2.25 bits per heavy atom. The van der Waals surface area contributed by atoms with Gasteiger partial charge < -0.3 is 10.2 Å². The lowest BCUT2D eigenvalue weighted by Crippen LogP contribution is -2.46. The van der Waals surface area contributed by atoms with Crippen molar-refractivity contribution < 1.29 is 4.79 Å². The second kappa shape index (κ2) is 5.48. The summed E-state index contributed by atoms with van der Waals surface area (Å²) >= 11 is 11.9. The van der Waals surface area contributed by atoms with Gasteiger partial charge >= 0.3 is 0 Å². The van der Waals surface area contributed by atoms with Crippen molar-refractivity contribution in [1.82, 2.24) is 15.2 Å². The monoisotopic (exact) mass is 261 g/mol. The maximum absolute atomic E-state index is 11.7. The van der Waals surface area contributed by atoms with E-state index in [-0.39, 0.29) is 5.91 Å². The number of alkyl halides is 2. The molecule has 0 radical (unpaired) electrons. The summed E-state index contributed by atoms with van der Waals surface area (Å²) in [5.74, 6) is -0.347. The molecule has 0 unspecified atom stereocenters. The van der Waals surface area contributed by atoms with E-state index in [2.05, 4.69) is 10.3 Å². The second-order valence-electron chi connectivity index (χ2n) is 3.64. The van der Waals surface area contributed by atoms with Gasteiger partial charge in [0.2, 0.25) is 4.46 Å². The zero-order chi connectivity index (χ0) is 12.2. The van der Waals surface area contributed by atoms with E-state index in [0.29, 0.717) is 12.1 Å². The molecule has 0 aliphatic carbocycles. The van der Waals surface area contributed by atoms with Crippen LogP contribution >= 0.6 is 23.2 Å². The van der Waals surface area contributed by atoms with Crippen LogP contribution in [0.4, 0.5) is 0 Å². The zero-order valence-electron chi connectivity index (χ0n) is 9.08. The third-order valence-corrected chi connectivity index (χ3v) is 2.16. The number of carbonyl (C=O) groups is 1. The van der Waals surface area contributed by atoms with E-state index in [0.717, 1.165) is 0 Å². The van der Waals surface area contributed by atoms with Gasteiger partial charge in [0.25, 0.3) is 5.91 Å². The Morgan fingerprint density at radius 3 is 2.75 bits per heavy atom. The van der Waals surface area contributed by atoms with Gasteiger partial charge in [0, 0.05) is 18.9 Å². The molecule has 4 nitrogen and oxygen atoms in total. The van der Waals surface area contributed by atoms with Gasteiger partial charge in [0.15, 0.2) is 0 Å². The van der Waals surface area contributed by atoms with Gasteiger partial charge in [-0.15, -0.1) is 0 Å². The lowest BCUT2D eigenvalue weighted by atomic mass is 10.3. The van der Waals surface area contributed by atoms with Crippen molar-refractivity contribution in [2.75, 3.05) is 20.6 Å². The Labute approximate surface area is 105 Å². The molecule has 6 heteroatoms. The van der Waals surface area contributed by atoms with Crippen molar-refractivity contribution in [2.24, 2.45) is 0 Å². The van der Waals surface area contributed by atoms with E-state index in [9.17, 15) is 4.79 Å². The highest BCUT2D eigenvalue weighted by Crippen LogP contribution is 2.18. The summed E-state index contributed by atoms with van der Waals surface area (Å²) in [5, 5.41) is 2.51. The molecule has 1 amide bonds. The first-order valence-electron chi connectivity index (χ1n) is 4.66. The molecule has 0 saturated carbocycles. The van der Waals surface area contributed by atoms with Crippen LogP contribution < -0.4 is 5.32 Å². The molecule has 1 N–H and O–H groups in total. The number of nitrogens with one attached hydrogen (secondary N) is 1. The van der Waals surface area contributed by atoms with E-state index >= 15 is 0 Å². The van der Waals surface area contributed by atoms with Crippen LogP contribution in [0.1, 0.15) is 10.4 Å². The molecule has 1 aromatic rings. The highest BCUT2D eigenvalue weighted by Gasteiger charge is 2.27. The van der Waals surface area contributed by atoms with Crippen LogP contribution in [0.25, 0.3) is 0 Å². The standard InChI is InChI=1S/C10H13Cl2N3O/c1-15(2)7-10(11,12)14-9(16)8-4-3-5-13-6-8/h3-6H,7H2,1-2H3,(H,14,16). The van der Waals surface area contributed by atoms with Crippen LogP contribution in [-0.2, 0) is 0 Å². The number of aromatic nitrogens is 1. The molecule has 88 valence electrons. The minimum atomic E-state index is -1.31. The number of nitrogens with zero attached hydrogens (tertiary/aromatic N) is 2. The predicted octanol–water partition coefficient (Wildman–Crippen LogP) is 1.50. The van der Waals surface area contributed by atoms with Gasteiger partial charge in [-0.25, -0.2) is 0 Å². The van der Waals surface area contributed by atoms with Crippen LogP contribution in [0.2, 0.25) is 0 Å². The summed E-state index contributed by atoms with van der Waals surface area (Å²) in [6, 6.07) is 3.31. The Bertz CT molecular complexity index is 354.